The van der Waals surface area contributed by atoms with Gasteiger partial charge in [-0.1, -0.05) is 44.7 Å². The van der Waals surface area contributed by atoms with E-state index in [1.807, 2.05) is 0 Å². The van der Waals surface area contributed by atoms with Gasteiger partial charge in [-0.3, -0.25) is 4.79 Å². The molecule has 1 amide bonds. The summed E-state index contributed by atoms with van der Waals surface area (Å²) in [5.74, 6) is -1.48. The number of amides is 1. The monoisotopic (exact) mass is 281 g/mol. The van der Waals surface area contributed by atoms with Gasteiger partial charge in [0, 0.05) is 6.42 Å². The van der Waals surface area contributed by atoms with Crippen LogP contribution in [0.4, 0.5) is 0 Å². The molecule has 0 unspecified atom stereocenters. The van der Waals surface area contributed by atoms with Crippen molar-refractivity contribution in [2.45, 2.75) is 45.4 Å². The number of carbonyl (C=O) groups is 2. The van der Waals surface area contributed by atoms with Crippen LogP contribution < -0.4 is 5.73 Å². The van der Waals surface area contributed by atoms with Gasteiger partial charge in [0.1, 0.15) is 11.3 Å². The van der Waals surface area contributed by atoms with Crippen LogP contribution in [0.1, 0.15) is 55.8 Å². The molecule has 1 aromatic rings. The quantitative estimate of drug-likeness (QED) is 0.669. The molecule has 1 aromatic carbocycles. The van der Waals surface area contributed by atoms with E-state index in [0.717, 1.165) is 12.8 Å². The molecule has 112 valence electrons. The summed E-state index contributed by atoms with van der Waals surface area (Å²) in [6, 6.07) is 5.81. The summed E-state index contributed by atoms with van der Waals surface area (Å²) < 4.78 is 0. The number of carboxylic acids is 1. The standard InChI is InChI=1S/C8H17NO.C7H6O3/c1-2-3-4-5-6-7-8(9)10;8-6-4-2-1-3-5(6)7(9)10/h2-7H2,1H3,(H2,9,10);1-4,8H,(H,9,10). The summed E-state index contributed by atoms with van der Waals surface area (Å²) >= 11 is 0. The lowest BCUT2D eigenvalue weighted by Gasteiger charge is -1.95. The molecule has 0 atom stereocenters. The molecule has 0 saturated heterocycles. The highest BCUT2D eigenvalue weighted by atomic mass is 16.4. The SMILES string of the molecule is CCCCCCCC(N)=O.O=C(O)c1ccccc1O. The van der Waals surface area contributed by atoms with Crippen LogP contribution in [0.2, 0.25) is 0 Å². The van der Waals surface area contributed by atoms with Gasteiger partial charge in [0.15, 0.2) is 0 Å². The normalized spacial score (nSPS) is 9.45. The van der Waals surface area contributed by atoms with E-state index in [1.165, 1.54) is 31.4 Å². The Balaban J connectivity index is 0.000000361. The molecule has 4 N–H and O–H groups in total. The van der Waals surface area contributed by atoms with Crippen molar-refractivity contribution in [3.63, 3.8) is 0 Å². The highest BCUT2D eigenvalue weighted by Gasteiger charge is 2.05. The van der Waals surface area contributed by atoms with Gasteiger partial charge >= 0.3 is 5.97 Å². The zero-order valence-electron chi connectivity index (χ0n) is 11.8. The second kappa shape index (κ2) is 10.8. The fourth-order valence-electron chi connectivity index (χ4n) is 1.56. The largest absolute Gasteiger partial charge is 0.507 e. The van der Waals surface area contributed by atoms with Crippen molar-refractivity contribution in [3.8, 4) is 5.75 Å². The zero-order chi connectivity index (χ0) is 15.4. The first-order valence-corrected chi connectivity index (χ1v) is 6.78. The fraction of sp³-hybridized carbons (Fsp3) is 0.467. The van der Waals surface area contributed by atoms with Crippen LogP contribution in [0.15, 0.2) is 24.3 Å². The lowest BCUT2D eigenvalue weighted by atomic mass is 10.1. The number of nitrogens with two attached hydrogens (primary N) is 1. The zero-order valence-corrected chi connectivity index (χ0v) is 11.8. The number of para-hydroxylation sites is 1. The topological polar surface area (TPSA) is 101 Å². The molecular formula is C15H23NO4. The number of unbranched alkanes of at least 4 members (excludes halogenated alkanes) is 4. The van der Waals surface area contributed by atoms with Crippen molar-refractivity contribution >= 4 is 11.9 Å². The lowest BCUT2D eigenvalue weighted by Crippen LogP contribution is -2.09. The van der Waals surface area contributed by atoms with Crippen molar-refractivity contribution in [3.05, 3.63) is 29.8 Å². The molecule has 0 aliphatic heterocycles. The molecule has 0 radical (unpaired) electrons. The number of hydrogen-bond donors (Lipinski definition) is 3. The second-order valence-corrected chi connectivity index (χ2v) is 4.45. The molecule has 0 aromatic heterocycles. The summed E-state index contributed by atoms with van der Waals surface area (Å²) in [6.07, 6.45) is 6.44. The van der Waals surface area contributed by atoms with E-state index in [-0.39, 0.29) is 17.2 Å². The molecule has 5 nitrogen and oxygen atoms in total. The number of primary amides is 1. The molecule has 5 heteroatoms. The van der Waals surface area contributed by atoms with E-state index in [4.69, 9.17) is 15.9 Å². The van der Waals surface area contributed by atoms with E-state index in [0.29, 0.717) is 6.42 Å². The Morgan fingerprint density at radius 2 is 1.70 bits per heavy atom. The van der Waals surface area contributed by atoms with Crippen LogP contribution in [0.5, 0.6) is 5.75 Å². The van der Waals surface area contributed by atoms with Gasteiger partial charge in [-0.15, -0.1) is 0 Å². The van der Waals surface area contributed by atoms with Crippen molar-refractivity contribution < 1.29 is 19.8 Å². The molecule has 0 bridgehead atoms. The fourth-order valence-corrected chi connectivity index (χ4v) is 1.56. The van der Waals surface area contributed by atoms with E-state index in [1.54, 1.807) is 12.1 Å². The van der Waals surface area contributed by atoms with Crippen molar-refractivity contribution in [2.75, 3.05) is 0 Å². The van der Waals surface area contributed by atoms with Gasteiger partial charge < -0.3 is 15.9 Å². The number of aromatic carboxylic acids is 1. The summed E-state index contributed by atoms with van der Waals surface area (Å²) in [4.78, 5) is 20.5. The Morgan fingerprint density at radius 3 is 2.15 bits per heavy atom. The van der Waals surface area contributed by atoms with Crippen LogP contribution in [0.3, 0.4) is 0 Å². The number of aromatic hydroxyl groups is 1. The highest BCUT2D eigenvalue weighted by Crippen LogP contribution is 2.14. The number of phenols is 1. The predicted molar refractivity (Wildman–Crippen MR) is 77.6 cm³/mol. The van der Waals surface area contributed by atoms with Crippen LogP contribution in [-0.4, -0.2) is 22.1 Å². The second-order valence-electron chi connectivity index (χ2n) is 4.45. The summed E-state index contributed by atoms with van der Waals surface area (Å²) in [6.45, 7) is 2.17. The molecule has 0 fully saturated rings. The third-order valence-electron chi connectivity index (χ3n) is 2.66. The molecule has 0 heterocycles. The van der Waals surface area contributed by atoms with E-state index in [2.05, 4.69) is 6.92 Å². The maximum Gasteiger partial charge on any atom is 0.339 e. The number of benzene rings is 1. The molecular weight excluding hydrogens is 258 g/mol. The Hall–Kier alpha value is -2.04. The molecule has 1 rings (SSSR count). The maximum atomic E-state index is 10.3. The Morgan fingerprint density at radius 1 is 1.10 bits per heavy atom. The van der Waals surface area contributed by atoms with Crippen LogP contribution in [-0.2, 0) is 4.79 Å². The Kier molecular flexibility index (Phi) is 9.74. The van der Waals surface area contributed by atoms with Gasteiger partial charge in [-0.2, -0.15) is 0 Å². The smallest absolute Gasteiger partial charge is 0.339 e. The van der Waals surface area contributed by atoms with Crippen LogP contribution >= 0.6 is 0 Å². The van der Waals surface area contributed by atoms with Crippen LogP contribution in [0, 0.1) is 0 Å². The number of carboxylic acid groups (broad SMARTS) is 1. The van der Waals surface area contributed by atoms with Gasteiger partial charge in [0.25, 0.3) is 0 Å². The Bertz CT molecular complexity index is 418. The summed E-state index contributed by atoms with van der Waals surface area (Å²) in [5, 5.41) is 17.3. The van der Waals surface area contributed by atoms with E-state index < -0.39 is 5.97 Å². The highest BCUT2D eigenvalue weighted by molar-refractivity contribution is 5.90. The minimum Gasteiger partial charge on any atom is -0.507 e. The van der Waals surface area contributed by atoms with Gasteiger partial charge in [-0.25, -0.2) is 4.79 Å². The van der Waals surface area contributed by atoms with Crippen molar-refractivity contribution in [1.82, 2.24) is 0 Å². The minimum atomic E-state index is -1.11. The van der Waals surface area contributed by atoms with Gasteiger partial charge in [0.05, 0.1) is 0 Å². The number of hydrogen-bond acceptors (Lipinski definition) is 3. The predicted octanol–water partition coefficient (Wildman–Crippen LogP) is 2.92. The molecule has 0 saturated carbocycles. The number of rotatable bonds is 7. The molecule has 20 heavy (non-hydrogen) atoms. The van der Waals surface area contributed by atoms with Gasteiger partial charge in [0.2, 0.25) is 5.91 Å². The van der Waals surface area contributed by atoms with E-state index in [9.17, 15) is 9.59 Å². The summed E-state index contributed by atoms with van der Waals surface area (Å²) in [5.41, 5.74) is 4.90. The van der Waals surface area contributed by atoms with Crippen molar-refractivity contribution in [1.29, 1.82) is 0 Å². The first-order valence-electron chi connectivity index (χ1n) is 6.78. The average Bonchev–Trinajstić information content (AvgIpc) is 2.39. The van der Waals surface area contributed by atoms with Gasteiger partial charge in [-0.05, 0) is 18.6 Å². The molecule has 0 aliphatic carbocycles. The maximum absolute atomic E-state index is 10.3. The third-order valence-corrected chi connectivity index (χ3v) is 2.66. The molecule has 0 aliphatic rings. The minimum absolute atomic E-state index is 0.0671. The Labute approximate surface area is 119 Å². The van der Waals surface area contributed by atoms with Crippen molar-refractivity contribution in [2.24, 2.45) is 5.73 Å². The lowest BCUT2D eigenvalue weighted by molar-refractivity contribution is -0.118. The first-order chi connectivity index (χ1) is 9.49. The molecule has 0 spiro atoms. The first kappa shape index (κ1) is 18.0. The average molecular weight is 281 g/mol. The number of carbonyl (C=O) groups excluding carboxylic acids is 1. The summed E-state index contributed by atoms with van der Waals surface area (Å²) in [7, 11) is 0. The van der Waals surface area contributed by atoms with Crippen LogP contribution in [0.25, 0.3) is 0 Å². The van der Waals surface area contributed by atoms with E-state index >= 15 is 0 Å². The third kappa shape index (κ3) is 8.97.